The van der Waals surface area contributed by atoms with Crippen LogP contribution >= 0.6 is 0 Å². The first-order valence-corrected chi connectivity index (χ1v) is 8.56. The summed E-state index contributed by atoms with van der Waals surface area (Å²) in [6.45, 7) is 2.87. The average Bonchev–Trinajstić information content (AvgIpc) is 3.20. The molecule has 3 aliphatic rings. The van der Waals surface area contributed by atoms with Crippen molar-refractivity contribution in [1.29, 1.82) is 0 Å². The number of aliphatic imine (C=N–C) groups is 1. The topological polar surface area (TPSA) is 79.0 Å². The Morgan fingerprint density at radius 2 is 2.12 bits per heavy atom. The van der Waals surface area contributed by atoms with Gasteiger partial charge < -0.3 is 19.9 Å². The van der Waals surface area contributed by atoms with Crippen LogP contribution in [0.25, 0.3) is 11.1 Å². The number of amidine groups is 1. The number of hydrogen-bond acceptors (Lipinski definition) is 6. The number of benzene rings is 1. The summed E-state index contributed by atoms with van der Waals surface area (Å²) in [7, 11) is 0. The maximum Gasteiger partial charge on any atom is 0.283 e. The van der Waals surface area contributed by atoms with Gasteiger partial charge in [-0.1, -0.05) is 6.07 Å². The van der Waals surface area contributed by atoms with Crippen molar-refractivity contribution in [3.8, 4) is 16.9 Å². The van der Waals surface area contributed by atoms with Crippen LogP contribution in [-0.2, 0) is 15.0 Å². The minimum absolute atomic E-state index is 0.130. The van der Waals surface area contributed by atoms with E-state index in [0.29, 0.717) is 12.2 Å². The number of fused-ring (bicyclic) bond motifs is 4. The number of nitrogens with zero attached hydrogens (tertiary/aromatic N) is 2. The molecule has 6 nitrogen and oxygen atoms in total. The monoisotopic (exact) mass is 355 g/mol. The van der Waals surface area contributed by atoms with E-state index >= 15 is 0 Å². The van der Waals surface area contributed by atoms with Gasteiger partial charge in [0.2, 0.25) is 0 Å². The summed E-state index contributed by atoms with van der Waals surface area (Å²) in [5.74, 6) is 0.344. The van der Waals surface area contributed by atoms with Crippen LogP contribution in [-0.4, -0.2) is 35.9 Å². The smallest absolute Gasteiger partial charge is 0.283 e. The van der Waals surface area contributed by atoms with Crippen molar-refractivity contribution in [1.82, 2.24) is 4.98 Å². The Bertz CT molecular complexity index is 934. The lowest BCUT2D eigenvalue weighted by atomic mass is 9.71. The Balaban J connectivity index is 1.72. The molecule has 1 aromatic heterocycles. The minimum Gasteiger partial charge on any atom is -0.487 e. The molecule has 2 N–H and O–H groups in total. The number of rotatable bonds is 1. The van der Waals surface area contributed by atoms with E-state index in [0.717, 1.165) is 23.3 Å². The first-order chi connectivity index (χ1) is 12.5. The van der Waals surface area contributed by atoms with Crippen molar-refractivity contribution >= 4 is 6.02 Å². The Labute approximate surface area is 149 Å². The Morgan fingerprint density at radius 1 is 1.23 bits per heavy atom. The molecule has 3 atom stereocenters. The summed E-state index contributed by atoms with van der Waals surface area (Å²) in [5, 5.41) is 0. The summed E-state index contributed by atoms with van der Waals surface area (Å²) in [6.07, 6.45) is 3.46. The highest BCUT2D eigenvalue weighted by Gasteiger charge is 2.64. The molecule has 4 heterocycles. The Morgan fingerprint density at radius 3 is 2.88 bits per heavy atom. The van der Waals surface area contributed by atoms with E-state index < -0.39 is 11.1 Å². The summed E-state index contributed by atoms with van der Waals surface area (Å²) in [6, 6.07) is 7.32. The molecular weight excluding hydrogens is 337 g/mol. The van der Waals surface area contributed by atoms with Gasteiger partial charge in [-0.15, -0.1) is 0 Å². The van der Waals surface area contributed by atoms with E-state index in [4.69, 9.17) is 19.9 Å². The van der Waals surface area contributed by atoms with Crippen LogP contribution in [0.1, 0.15) is 18.9 Å². The number of hydrogen-bond donors (Lipinski definition) is 1. The van der Waals surface area contributed by atoms with Crippen molar-refractivity contribution in [2.75, 3.05) is 13.2 Å². The molecule has 1 saturated heterocycles. The molecule has 3 aliphatic heterocycles. The van der Waals surface area contributed by atoms with Crippen LogP contribution < -0.4 is 10.5 Å². The van der Waals surface area contributed by atoms with Crippen LogP contribution in [0.3, 0.4) is 0 Å². The first-order valence-electron chi connectivity index (χ1n) is 8.56. The zero-order chi connectivity index (χ0) is 17.9. The molecule has 0 radical (unpaired) electrons. The van der Waals surface area contributed by atoms with Gasteiger partial charge in [0.15, 0.2) is 5.54 Å². The summed E-state index contributed by atoms with van der Waals surface area (Å²) in [4.78, 5) is 8.60. The third-order valence-electron chi connectivity index (χ3n) is 5.68. The molecule has 5 rings (SSSR count). The van der Waals surface area contributed by atoms with E-state index in [9.17, 15) is 4.39 Å². The number of halogens is 1. The molecule has 0 amide bonds. The van der Waals surface area contributed by atoms with Crippen molar-refractivity contribution < 1.29 is 18.6 Å². The molecule has 0 unspecified atom stereocenters. The SMILES string of the molecule is C[C@]12OCC[C@H]1Oc1ccc(-c3cncc(F)c3)cc1[C@]21COC(N)=N1. The quantitative estimate of drug-likeness (QED) is 0.850. The van der Waals surface area contributed by atoms with Gasteiger partial charge in [0, 0.05) is 23.7 Å². The Kier molecular flexibility index (Phi) is 3.10. The highest BCUT2D eigenvalue weighted by Crippen LogP contribution is 2.55. The second kappa shape index (κ2) is 5.17. The van der Waals surface area contributed by atoms with E-state index in [1.165, 1.54) is 12.3 Å². The molecule has 0 saturated carbocycles. The van der Waals surface area contributed by atoms with Crippen molar-refractivity contribution in [3.05, 3.63) is 48.0 Å². The fourth-order valence-corrected chi connectivity index (χ4v) is 4.25. The highest BCUT2D eigenvalue weighted by molar-refractivity contribution is 5.76. The number of nitrogens with two attached hydrogens (primary N) is 1. The van der Waals surface area contributed by atoms with Gasteiger partial charge >= 0.3 is 0 Å². The molecular formula is C19H18FN3O3. The molecule has 0 bridgehead atoms. The molecule has 26 heavy (non-hydrogen) atoms. The van der Waals surface area contributed by atoms with Crippen molar-refractivity contribution in [3.63, 3.8) is 0 Å². The van der Waals surface area contributed by atoms with E-state index in [2.05, 4.69) is 9.98 Å². The van der Waals surface area contributed by atoms with Gasteiger partial charge in [-0.05, 0) is 30.7 Å². The molecule has 1 aromatic carbocycles. The van der Waals surface area contributed by atoms with Gasteiger partial charge in [-0.3, -0.25) is 4.98 Å². The fraction of sp³-hybridized carbons (Fsp3) is 0.368. The lowest BCUT2D eigenvalue weighted by molar-refractivity contribution is -0.110. The Hall–Kier alpha value is -2.67. The number of pyridine rings is 1. The molecule has 2 aromatic rings. The standard InChI is InChI=1S/C19H18FN3O3/c1-18-16(4-5-25-18)26-15-3-2-11(12-6-13(20)9-22-8-12)7-14(15)19(18)10-24-17(21)23-19/h2-3,6-9,16H,4-5,10H2,1H3,(H2,21,23)/t16-,18+,19-/m1/s1. The predicted molar refractivity (Wildman–Crippen MR) is 92.3 cm³/mol. The first kappa shape index (κ1) is 15.6. The van der Waals surface area contributed by atoms with Crippen LogP contribution in [0, 0.1) is 5.82 Å². The molecule has 134 valence electrons. The fourth-order valence-electron chi connectivity index (χ4n) is 4.25. The highest BCUT2D eigenvalue weighted by atomic mass is 19.1. The van der Waals surface area contributed by atoms with Crippen LogP contribution in [0.15, 0.2) is 41.7 Å². The zero-order valence-electron chi connectivity index (χ0n) is 14.2. The maximum absolute atomic E-state index is 13.6. The van der Waals surface area contributed by atoms with Gasteiger partial charge in [0.25, 0.3) is 6.02 Å². The number of ether oxygens (including phenoxy) is 3. The van der Waals surface area contributed by atoms with Crippen molar-refractivity contribution in [2.24, 2.45) is 10.7 Å². The minimum atomic E-state index is -0.789. The summed E-state index contributed by atoms with van der Waals surface area (Å²) >= 11 is 0. The van der Waals surface area contributed by atoms with Crippen LogP contribution in [0.2, 0.25) is 0 Å². The van der Waals surface area contributed by atoms with Crippen LogP contribution in [0.4, 0.5) is 4.39 Å². The third-order valence-corrected chi connectivity index (χ3v) is 5.68. The van der Waals surface area contributed by atoms with Gasteiger partial charge in [-0.25, -0.2) is 9.38 Å². The number of aromatic nitrogens is 1. The van der Waals surface area contributed by atoms with Gasteiger partial charge in [0.05, 0.1) is 12.8 Å². The molecule has 1 spiro atoms. The second-order valence-corrected chi connectivity index (χ2v) is 7.05. The molecule has 1 fully saturated rings. The van der Waals surface area contributed by atoms with E-state index in [1.807, 2.05) is 25.1 Å². The predicted octanol–water partition coefficient (Wildman–Crippen LogP) is 2.37. The summed E-state index contributed by atoms with van der Waals surface area (Å²) < 4.78 is 31.5. The zero-order valence-corrected chi connectivity index (χ0v) is 14.2. The largest absolute Gasteiger partial charge is 0.487 e. The van der Waals surface area contributed by atoms with E-state index in [-0.39, 0.29) is 24.5 Å². The van der Waals surface area contributed by atoms with E-state index in [1.54, 1.807) is 6.20 Å². The van der Waals surface area contributed by atoms with Gasteiger partial charge in [0.1, 0.15) is 29.9 Å². The molecule has 7 heteroatoms. The van der Waals surface area contributed by atoms with Crippen LogP contribution in [0.5, 0.6) is 5.75 Å². The lowest BCUT2D eigenvalue weighted by Crippen LogP contribution is -2.59. The van der Waals surface area contributed by atoms with Crippen molar-refractivity contribution in [2.45, 2.75) is 30.6 Å². The average molecular weight is 355 g/mol. The van der Waals surface area contributed by atoms with Gasteiger partial charge in [-0.2, -0.15) is 0 Å². The third kappa shape index (κ3) is 1.94. The maximum atomic E-state index is 13.6. The second-order valence-electron chi connectivity index (χ2n) is 7.05. The normalized spacial score (nSPS) is 31.8. The molecule has 0 aliphatic carbocycles. The lowest BCUT2D eigenvalue weighted by Gasteiger charge is -2.47. The summed E-state index contributed by atoms with van der Waals surface area (Å²) in [5.41, 5.74) is 6.74.